The summed E-state index contributed by atoms with van der Waals surface area (Å²) in [5, 5.41) is 17.5. The molecule has 1 aromatic carbocycles. The summed E-state index contributed by atoms with van der Waals surface area (Å²) in [7, 11) is 1.57. The highest BCUT2D eigenvalue weighted by molar-refractivity contribution is 5.30. The molecule has 0 saturated carbocycles. The number of benzene rings is 1. The van der Waals surface area contributed by atoms with Crippen LogP contribution in [0.2, 0.25) is 0 Å². The Morgan fingerprint density at radius 1 is 1.43 bits per heavy atom. The lowest BCUT2D eigenvalue weighted by Crippen LogP contribution is -2.18. The maximum atomic E-state index is 8.75. The average molecular weight is 197 g/mol. The van der Waals surface area contributed by atoms with Gasteiger partial charge in [0, 0.05) is 12.5 Å². The topological polar surface area (TPSA) is 75.7 Å². The largest absolute Gasteiger partial charge is 0.497 e. The minimum Gasteiger partial charge on any atom is -0.497 e. The summed E-state index contributed by atoms with van der Waals surface area (Å²) >= 11 is 0. The van der Waals surface area contributed by atoms with E-state index in [2.05, 4.69) is 0 Å². The van der Waals surface area contributed by atoms with E-state index in [-0.39, 0.29) is 12.5 Å². The molecule has 0 saturated heterocycles. The van der Waals surface area contributed by atoms with Crippen molar-refractivity contribution < 1.29 is 14.9 Å². The van der Waals surface area contributed by atoms with Crippen LogP contribution in [0.3, 0.4) is 0 Å². The minimum absolute atomic E-state index is 0.118. The third kappa shape index (κ3) is 2.99. The fourth-order valence-electron chi connectivity index (χ4n) is 1.24. The van der Waals surface area contributed by atoms with Crippen LogP contribution in [0, 0.1) is 0 Å². The van der Waals surface area contributed by atoms with Crippen LogP contribution in [0.5, 0.6) is 5.75 Å². The Kier molecular flexibility index (Phi) is 3.88. The summed E-state index contributed by atoms with van der Waals surface area (Å²) in [5.41, 5.74) is 6.57. The maximum Gasteiger partial charge on any atom is 0.153 e. The van der Waals surface area contributed by atoms with E-state index in [4.69, 9.17) is 20.7 Å². The van der Waals surface area contributed by atoms with Crippen molar-refractivity contribution in [2.75, 3.05) is 7.11 Å². The standard InChI is InChI=1S/C10H15NO3/c1-14-8-4-2-3-7(5-8)9(11)6-10(12)13/h2-5,9-10,12-13H,6,11H2,1H3/t9-/m0/s1. The fourth-order valence-corrected chi connectivity index (χ4v) is 1.24. The SMILES string of the molecule is COc1cccc([C@@H](N)CC(O)O)c1. The normalized spacial score (nSPS) is 12.9. The fraction of sp³-hybridized carbons (Fsp3) is 0.400. The zero-order valence-electron chi connectivity index (χ0n) is 8.05. The molecule has 0 aliphatic carbocycles. The van der Waals surface area contributed by atoms with Gasteiger partial charge in [0.1, 0.15) is 5.75 Å². The highest BCUT2D eigenvalue weighted by Gasteiger charge is 2.10. The van der Waals surface area contributed by atoms with Crippen LogP contribution >= 0.6 is 0 Å². The van der Waals surface area contributed by atoms with Crippen LogP contribution in [0.15, 0.2) is 24.3 Å². The third-order valence-electron chi connectivity index (χ3n) is 1.99. The number of aliphatic hydroxyl groups is 2. The molecule has 0 heterocycles. The van der Waals surface area contributed by atoms with Crippen molar-refractivity contribution in [3.8, 4) is 5.75 Å². The van der Waals surface area contributed by atoms with E-state index >= 15 is 0 Å². The quantitative estimate of drug-likeness (QED) is 0.610. The molecular formula is C10H15NO3. The Morgan fingerprint density at radius 3 is 2.71 bits per heavy atom. The lowest BCUT2D eigenvalue weighted by Gasteiger charge is -2.13. The third-order valence-corrected chi connectivity index (χ3v) is 1.99. The van der Waals surface area contributed by atoms with Gasteiger partial charge in [-0.3, -0.25) is 0 Å². The highest BCUT2D eigenvalue weighted by atomic mass is 16.5. The second-order valence-corrected chi connectivity index (χ2v) is 3.10. The van der Waals surface area contributed by atoms with Gasteiger partial charge in [-0.05, 0) is 17.7 Å². The molecular weight excluding hydrogens is 182 g/mol. The molecule has 4 heteroatoms. The summed E-state index contributed by atoms with van der Waals surface area (Å²) in [5.74, 6) is 0.713. The van der Waals surface area contributed by atoms with Crippen LogP contribution in [0.4, 0.5) is 0 Å². The van der Waals surface area contributed by atoms with Crippen molar-refractivity contribution >= 4 is 0 Å². The number of hydrogen-bond acceptors (Lipinski definition) is 4. The predicted octanol–water partition coefficient (Wildman–Crippen LogP) is 0.396. The number of aliphatic hydroxyl groups excluding tert-OH is 1. The van der Waals surface area contributed by atoms with E-state index in [0.717, 1.165) is 5.56 Å². The number of nitrogens with two attached hydrogens (primary N) is 1. The minimum atomic E-state index is -1.38. The smallest absolute Gasteiger partial charge is 0.153 e. The van der Waals surface area contributed by atoms with Gasteiger partial charge >= 0.3 is 0 Å². The van der Waals surface area contributed by atoms with Crippen LogP contribution < -0.4 is 10.5 Å². The molecule has 1 rings (SSSR count). The molecule has 0 spiro atoms. The Labute approximate surface area is 82.9 Å². The first-order valence-corrected chi connectivity index (χ1v) is 4.39. The molecule has 1 atom stereocenters. The van der Waals surface area contributed by atoms with Gasteiger partial charge < -0.3 is 20.7 Å². The number of hydrogen-bond donors (Lipinski definition) is 3. The molecule has 0 aromatic heterocycles. The van der Waals surface area contributed by atoms with Crippen molar-refractivity contribution in [1.82, 2.24) is 0 Å². The lowest BCUT2D eigenvalue weighted by atomic mass is 10.0. The van der Waals surface area contributed by atoms with Gasteiger partial charge in [0.2, 0.25) is 0 Å². The van der Waals surface area contributed by atoms with Gasteiger partial charge in [0.25, 0.3) is 0 Å². The molecule has 14 heavy (non-hydrogen) atoms. The first-order valence-electron chi connectivity index (χ1n) is 4.39. The second kappa shape index (κ2) is 4.95. The second-order valence-electron chi connectivity index (χ2n) is 3.10. The van der Waals surface area contributed by atoms with Crippen molar-refractivity contribution in [1.29, 1.82) is 0 Å². The Balaban J connectivity index is 2.73. The number of ether oxygens (including phenoxy) is 1. The summed E-state index contributed by atoms with van der Waals surface area (Å²) in [6.07, 6.45) is -1.26. The van der Waals surface area contributed by atoms with E-state index in [1.165, 1.54) is 0 Å². The van der Waals surface area contributed by atoms with E-state index in [1.807, 2.05) is 18.2 Å². The Morgan fingerprint density at radius 2 is 2.14 bits per heavy atom. The van der Waals surface area contributed by atoms with Gasteiger partial charge in [-0.15, -0.1) is 0 Å². The van der Waals surface area contributed by atoms with Gasteiger partial charge in [-0.2, -0.15) is 0 Å². The Hall–Kier alpha value is -1.10. The molecule has 0 aliphatic heterocycles. The molecule has 1 aromatic rings. The van der Waals surface area contributed by atoms with Crippen LogP contribution in [0.25, 0.3) is 0 Å². The van der Waals surface area contributed by atoms with E-state index in [1.54, 1.807) is 13.2 Å². The van der Waals surface area contributed by atoms with Gasteiger partial charge in [-0.1, -0.05) is 12.1 Å². The van der Waals surface area contributed by atoms with Gasteiger partial charge in [-0.25, -0.2) is 0 Å². The number of methoxy groups -OCH3 is 1. The molecule has 0 unspecified atom stereocenters. The van der Waals surface area contributed by atoms with E-state index in [9.17, 15) is 0 Å². The zero-order valence-corrected chi connectivity index (χ0v) is 8.05. The monoisotopic (exact) mass is 197 g/mol. The molecule has 78 valence electrons. The Bertz CT molecular complexity index is 288. The maximum absolute atomic E-state index is 8.75. The van der Waals surface area contributed by atoms with Gasteiger partial charge in [0.15, 0.2) is 6.29 Å². The molecule has 4 N–H and O–H groups in total. The van der Waals surface area contributed by atoms with Crippen molar-refractivity contribution in [3.05, 3.63) is 29.8 Å². The van der Waals surface area contributed by atoms with E-state index < -0.39 is 6.29 Å². The first-order chi connectivity index (χ1) is 6.63. The summed E-state index contributed by atoms with van der Waals surface area (Å²) in [6.45, 7) is 0. The first kappa shape index (κ1) is 11.0. The lowest BCUT2D eigenvalue weighted by molar-refractivity contribution is -0.0494. The summed E-state index contributed by atoms with van der Waals surface area (Å²) in [6, 6.07) is 6.86. The molecule has 0 fully saturated rings. The zero-order chi connectivity index (χ0) is 10.6. The summed E-state index contributed by atoms with van der Waals surface area (Å²) < 4.78 is 5.03. The predicted molar refractivity (Wildman–Crippen MR) is 52.8 cm³/mol. The molecule has 0 aliphatic rings. The molecule has 4 nitrogen and oxygen atoms in total. The van der Waals surface area contributed by atoms with Crippen LogP contribution in [-0.4, -0.2) is 23.6 Å². The molecule has 0 bridgehead atoms. The van der Waals surface area contributed by atoms with Crippen molar-refractivity contribution in [2.24, 2.45) is 5.73 Å². The van der Waals surface area contributed by atoms with Gasteiger partial charge in [0.05, 0.1) is 7.11 Å². The van der Waals surface area contributed by atoms with Crippen LogP contribution in [-0.2, 0) is 0 Å². The summed E-state index contributed by atoms with van der Waals surface area (Å²) in [4.78, 5) is 0. The molecule has 0 amide bonds. The molecule has 0 radical (unpaired) electrons. The average Bonchev–Trinajstić information content (AvgIpc) is 2.17. The van der Waals surface area contributed by atoms with Crippen molar-refractivity contribution in [3.63, 3.8) is 0 Å². The van der Waals surface area contributed by atoms with E-state index in [0.29, 0.717) is 5.75 Å². The number of rotatable bonds is 4. The van der Waals surface area contributed by atoms with Crippen molar-refractivity contribution in [2.45, 2.75) is 18.8 Å². The van der Waals surface area contributed by atoms with Crippen LogP contribution in [0.1, 0.15) is 18.0 Å². The highest BCUT2D eigenvalue weighted by Crippen LogP contribution is 2.20.